The van der Waals surface area contributed by atoms with Gasteiger partial charge in [-0.2, -0.15) is 0 Å². The van der Waals surface area contributed by atoms with Gasteiger partial charge in [0.25, 0.3) is 0 Å². The molecular formula is C16H23N5O6. The van der Waals surface area contributed by atoms with Gasteiger partial charge in [-0.1, -0.05) is 11.6 Å². The van der Waals surface area contributed by atoms with Crippen LogP contribution in [-0.4, -0.2) is 89.2 Å². The first kappa shape index (κ1) is 19.6. The molecule has 1 aliphatic heterocycles. The SMILES string of the molecule is C/C(=C/CNc1ncnc2c1ncn2[C@@H]1O[C@H](CO)[C@@H](O)[C@H](O)[C@H]1O)CO. The smallest absolute Gasteiger partial charge is 0.167 e. The van der Waals surface area contributed by atoms with E-state index in [2.05, 4.69) is 20.3 Å². The molecule has 27 heavy (non-hydrogen) atoms. The minimum atomic E-state index is -1.50. The molecule has 5 atom stereocenters. The molecular weight excluding hydrogens is 358 g/mol. The van der Waals surface area contributed by atoms with E-state index in [1.54, 1.807) is 6.92 Å². The fraction of sp³-hybridized carbons (Fsp3) is 0.562. The van der Waals surface area contributed by atoms with Gasteiger partial charge in [-0.15, -0.1) is 0 Å². The Labute approximate surface area is 154 Å². The van der Waals surface area contributed by atoms with E-state index in [-0.39, 0.29) is 6.61 Å². The zero-order chi connectivity index (χ0) is 19.6. The first-order valence-corrected chi connectivity index (χ1v) is 8.46. The van der Waals surface area contributed by atoms with E-state index in [1.807, 2.05) is 6.08 Å². The van der Waals surface area contributed by atoms with Crippen LogP contribution in [0.2, 0.25) is 0 Å². The molecule has 3 rings (SSSR count). The molecule has 0 aromatic carbocycles. The van der Waals surface area contributed by atoms with Crippen LogP contribution < -0.4 is 5.32 Å². The number of imidazole rings is 1. The molecule has 1 aliphatic rings. The number of hydrogen-bond acceptors (Lipinski definition) is 10. The molecule has 0 aliphatic carbocycles. The maximum atomic E-state index is 10.3. The number of anilines is 1. The highest BCUT2D eigenvalue weighted by Crippen LogP contribution is 2.31. The van der Waals surface area contributed by atoms with Crippen LogP contribution in [0.3, 0.4) is 0 Å². The van der Waals surface area contributed by atoms with E-state index in [9.17, 15) is 20.4 Å². The van der Waals surface area contributed by atoms with Crippen LogP contribution >= 0.6 is 0 Å². The molecule has 11 heteroatoms. The van der Waals surface area contributed by atoms with E-state index in [4.69, 9.17) is 9.84 Å². The fourth-order valence-corrected chi connectivity index (χ4v) is 2.87. The van der Waals surface area contributed by atoms with Gasteiger partial charge in [-0.05, 0) is 6.92 Å². The lowest BCUT2D eigenvalue weighted by atomic mass is 9.98. The number of aliphatic hydroxyl groups is 5. The third-order valence-corrected chi connectivity index (χ3v) is 4.47. The van der Waals surface area contributed by atoms with Crippen molar-refractivity contribution >= 4 is 17.0 Å². The lowest BCUT2D eigenvalue weighted by molar-refractivity contribution is -0.250. The van der Waals surface area contributed by atoms with Gasteiger partial charge in [0.1, 0.15) is 30.7 Å². The van der Waals surface area contributed by atoms with Crippen LogP contribution in [0.1, 0.15) is 13.2 Å². The van der Waals surface area contributed by atoms with Crippen molar-refractivity contribution in [3.05, 3.63) is 24.3 Å². The second kappa shape index (κ2) is 8.25. The summed E-state index contributed by atoms with van der Waals surface area (Å²) >= 11 is 0. The van der Waals surface area contributed by atoms with E-state index >= 15 is 0 Å². The van der Waals surface area contributed by atoms with Gasteiger partial charge in [0.15, 0.2) is 23.2 Å². The molecule has 0 amide bonds. The van der Waals surface area contributed by atoms with Gasteiger partial charge in [0, 0.05) is 6.54 Å². The van der Waals surface area contributed by atoms with Crippen molar-refractivity contribution in [1.29, 1.82) is 0 Å². The summed E-state index contributed by atoms with van der Waals surface area (Å²) < 4.78 is 6.96. The third-order valence-electron chi connectivity index (χ3n) is 4.47. The van der Waals surface area contributed by atoms with Crippen LogP contribution in [0.15, 0.2) is 24.3 Å². The summed E-state index contributed by atoms with van der Waals surface area (Å²) in [6.45, 7) is 1.66. The molecule has 0 bridgehead atoms. The minimum absolute atomic E-state index is 0.0351. The number of nitrogens with one attached hydrogen (secondary N) is 1. The van der Waals surface area contributed by atoms with E-state index in [1.165, 1.54) is 17.2 Å². The third kappa shape index (κ3) is 3.78. The minimum Gasteiger partial charge on any atom is -0.394 e. The molecule has 148 valence electrons. The molecule has 2 aromatic rings. The first-order valence-electron chi connectivity index (χ1n) is 8.46. The van der Waals surface area contributed by atoms with Crippen molar-refractivity contribution in [1.82, 2.24) is 19.5 Å². The normalized spacial score (nSPS) is 29.3. The number of aromatic nitrogens is 4. The highest BCUT2D eigenvalue weighted by Gasteiger charge is 2.44. The second-order valence-corrected chi connectivity index (χ2v) is 6.36. The molecule has 1 fully saturated rings. The molecule has 0 radical (unpaired) electrons. The molecule has 0 unspecified atom stereocenters. The Morgan fingerprint density at radius 3 is 2.67 bits per heavy atom. The summed E-state index contributed by atoms with van der Waals surface area (Å²) in [6, 6.07) is 0. The van der Waals surface area contributed by atoms with Crippen molar-refractivity contribution in [3.8, 4) is 0 Å². The Hall–Kier alpha value is -2.15. The summed E-state index contributed by atoms with van der Waals surface area (Å²) in [5.41, 5.74) is 1.57. The Kier molecular flexibility index (Phi) is 5.99. The fourth-order valence-electron chi connectivity index (χ4n) is 2.87. The standard InChI is InChI=1S/C16H23N5O6/c1-8(4-22)2-3-17-14-10-15(19-6-18-14)21(7-20-10)16-13(26)12(25)11(24)9(5-23)27-16/h2,6-7,9,11-13,16,22-26H,3-5H2,1H3,(H,17,18,19)/b8-2-/t9-,11-,12+,13-,16-/m1/s1. The van der Waals surface area contributed by atoms with Crippen LogP contribution in [0.4, 0.5) is 5.82 Å². The summed E-state index contributed by atoms with van der Waals surface area (Å²) in [7, 11) is 0. The van der Waals surface area contributed by atoms with Crippen LogP contribution in [0, 0.1) is 0 Å². The van der Waals surface area contributed by atoms with E-state index in [0.29, 0.717) is 23.5 Å². The molecule has 11 nitrogen and oxygen atoms in total. The van der Waals surface area contributed by atoms with Gasteiger partial charge < -0.3 is 35.6 Å². The summed E-state index contributed by atoms with van der Waals surface area (Å²) in [6.07, 6.45) is -2.00. The Morgan fingerprint density at radius 1 is 1.19 bits per heavy atom. The number of hydrogen-bond donors (Lipinski definition) is 6. The van der Waals surface area contributed by atoms with Crippen LogP contribution in [0.25, 0.3) is 11.2 Å². The number of aliphatic hydroxyl groups excluding tert-OH is 5. The predicted molar refractivity (Wildman–Crippen MR) is 93.7 cm³/mol. The molecule has 3 heterocycles. The molecule has 1 saturated heterocycles. The summed E-state index contributed by atoms with van der Waals surface area (Å²) in [4.78, 5) is 12.6. The Morgan fingerprint density at radius 2 is 1.96 bits per heavy atom. The van der Waals surface area contributed by atoms with Gasteiger partial charge in [-0.25, -0.2) is 15.0 Å². The number of nitrogens with zero attached hydrogens (tertiary/aromatic N) is 4. The highest BCUT2D eigenvalue weighted by molar-refractivity contribution is 5.82. The monoisotopic (exact) mass is 381 g/mol. The summed E-state index contributed by atoms with van der Waals surface area (Å²) in [5, 5.41) is 51.6. The van der Waals surface area contributed by atoms with Gasteiger partial charge in [0.05, 0.1) is 19.5 Å². The predicted octanol–water partition coefficient (Wildman–Crippen LogP) is -1.85. The van der Waals surface area contributed by atoms with Crippen molar-refractivity contribution in [2.24, 2.45) is 0 Å². The molecule has 6 N–H and O–H groups in total. The topological polar surface area (TPSA) is 166 Å². The van der Waals surface area contributed by atoms with Crippen molar-refractivity contribution in [2.75, 3.05) is 25.1 Å². The van der Waals surface area contributed by atoms with Crippen molar-refractivity contribution in [3.63, 3.8) is 0 Å². The Balaban J connectivity index is 1.89. The van der Waals surface area contributed by atoms with Gasteiger partial charge >= 0.3 is 0 Å². The maximum absolute atomic E-state index is 10.3. The summed E-state index contributed by atoms with van der Waals surface area (Å²) in [5.74, 6) is 0.449. The van der Waals surface area contributed by atoms with Crippen molar-refractivity contribution < 1.29 is 30.3 Å². The van der Waals surface area contributed by atoms with Crippen LogP contribution in [-0.2, 0) is 4.74 Å². The van der Waals surface area contributed by atoms with Gasteiger partial charge in [0.2, 0.25) is 0 Å². The second-order valence-electron chi connectivity index (χ2n) is 6.36. The zero-order valence-corrected chi connectivity index (χ0v) is 14.7. The number of ether oxygens (including phenoxy) is 1. The molecule has 0 spiro atoms. The molecule has 0 saturated carbocycles. The average molecular weight is 381 g/mol. The first-order chi connectivity index (χ1) is 13.0. The Bertz CT molecular complexity index is 810. The van der Waals surface area contributed by atoms with E-state index < -0.39 is 37.3 Å². The lowest BCUT2D eigenvalue weighted by Crippen LogP contribution is -2.56. The highest BCUT2D eigenvalue weighted by atomic mass is 16.6. The number of rotatable bonds is 6. The lowest BCUT2D eigenvalue weighted by Gasteiger charge is -2.40. The number of fused-ring (bicyclic) bond motifs is 1. The van der Waals surface area contributed by atoms with Gasteiger partial charge in [-0.3, -0.25) is 4.57 Å². The largest absolute Gasteiger partial charge is 0.394 e. The zero-order valence-electron chi connectivity index (χ0n) is 14.7. The average Bonchev–Trinajstić information content (AvgIpc) is 3.11. The van der Waals surface area contributed by atoms with Crippen LogP contribution in [0.5, 0.6) is 0 Å². The quantitative estimate of drug-likeness (QED) is 0.313. The maximum Gasteiger partial charge on any atom is 0.167 e. The van der Waals surface area contributed by atoms with E-state index in [0.717, 1.165) is 5.57 Å². The van der Waals surface area contributed by atoms with Crippen molar-refractivity contribution in [2.45, 2.75) is 37.6 Å². The molecule has 2 aromatic heterocycles.